The number of amides is 2. The van der Waals surface area contributed by atoms with Crippen LogP contribution in [-0.4, -0.2) is 44.3 Å². The Bertz CT molecular complexity index is 1110. The van der Waals surface area contributed by atoms with Crippen LogP contribution in [0.4, 0.5) is 0 Å². The van der Waals surface area contributed by atoms with Crippen molar-refractivity contribution in [3.05, 3.63) is 46.0 Å². The van der Waals surface area contributed by atoms with Crippen molar-refractivity contribution in [3.63, 3.8) is 0 Å². The molecule has 0 radical (unpaired) electrons. The van der Waals surface area contributed by atoms with Gasteiger partial charge in [0.2, 0.25) is 11.6 Å². The molecule has 0 spiro atoms. The Balaban J connectivity index is 2.04. The molecule has 9 nitrogen and oxygen atoms in total. The number of fused-ring (bicyclic) bond motifs is 1. The third-order valence-corrected chi connectivity index (χ3v) is 4.43. The van der Waals surface area contributed by atoms with Gasteiger partial charge < -0.3 is 19.6 Å². The smallest absolute Gasteiger partial charge is 0.294 e. The van der Waals surface area contributed by atoms with Gasteiger partial charge in [-0.1, -0.05) is 0 Å². The first-order valence-corrected chi connectivity index (χ1v) is 8.39. The van der Waals surface area contributed by atoms with Crippen molar-refractivity contribution in [1.29, 1.82) is 0 Å². The summed E-state index contributed by atoms with van der Waals surface area (Å²) in [5.74, 6) is 0.560. The van der Waals surface area contributed by atoms with E-state index in [9.17, 15) is 14.4 Å². The summed E-state index contributed by atoms with van der Waals surface area (Å²) in [7, 11) is 3.20. The standard InChI is InChI=1S/C18H21N5O4/c1-10-7-12(11(2)27-10)14-9-23-8-13(20-16(23)18(26)22(14)4)17(25)21(3)6-5-15(19)24/h7-9H,5-6H2,1-4H3,(H2,19,24). The van der Waals surface area contributed by atoms with Crippen molar-refractivity contribution < 1.29 is 14.0 Å². The maximum atomic E-state index is 12.7. The van der Waals surface area contributed by atoms with Crippen molar-refractivity contribution in [3.8, 4) is 11.3 Å². The number of hydrogen-bond acceptors (Lipinski definition) is 5. The summed E-state index contributed by atoms with van der Waals surface area (Å²) in [5, 5.41) is 0. The highest BCUT2D eigenvalue weighted by atomic mass is 16.3. The van der Waals surface area contributed by atoms with Crippen LogP contribution in [0.25, 0.3) is 16.9 Å². The average Bonchev–Trinajstić information content (AvgIpc) is 3.18. The average molecular weight is 371 g/mol. The zero-order chi connectivity index (χ0) is 19.9. The molecule has 0 saturated carbocycles. The van der Waals surface area contributed by atoms with Gasteiger partial charge in [0.05, 0.1) is 5.69 Å². The lowest BCUT2D eigenvalue weighted by Gasteiger charge is -2.14. The molecule has 0 bridgehead atoms. The highest BCUT2D eigenvalue weighted by Gasteiger charge is 2.20. The number of furan rings is 1. The van der Waals surface area contributed by atoms with Crippen LogP contribution in [0.1, 0.15) is 28.4 Å². The van der Waals surface area contributed by atoms with Gasteiger partial charge in [-0.2, -0.15) is 0 Å². The normalized spacial score (nSPS) is 11.1. The molecule has 0 fully saturated rings. The summed E-state index contributed by atoms with van der Waals surface area (Å²) in [6, 6.07) is 1.86. The SMILES string of the molecule is Cc1cc(-c2cn3cc(C(=O)N(C)CCC(N)=O)nc3c(=O)n2C)c(C)o1. The third kappa shape index (κ3) is 3.35. The minimum absolute atomic E-state index is 0.0562. The number of rotatable bonds is 5. The molecule has 0 saturated heterocycles. The van der Waals surface area contributed by atoms with E-state index in [1.807, 2.05) is 19.9 Å². The van der Waals surface area contributed by atoms with Gasteiger partial charge in [0.25, 0.3) is 11.5 Å². The van der Waals surface area contributed by atoms with E-state index in [-0.39, 0.29) is 35.8 Å². The second-order valence-corrected chi connectivity index (χ2v) is 6.51. The summed E-state index contributed by atoms with van der Waals surface area (Å²) in [4.78, 5) is 41.7. The molecular weight excluding hydrogens is 350 g/mol. The predicted molar refractivity (Wildman–Crippen MR) is 98.4 cm³/mol. The summed E-state index contributed by atoms with van der Waals surface area (Å²) < 4.78 is 8.57. The van der Waals surface area contributed by atoms with Crippen molar-refractivity contribution in [2.24, 2.45) is 12.8 Å². The van der Waals surface area contributed by atoms with E-state index < -0.39 is 5.91 Å². The number of imidazole rings is 1. The van der Waals surface area contributed by atoms with Gasteiger partial charge in [-0.15, -0.1) is 0 Å². The number of primary amides is 1. The molecule has 0 aromatic carbocycles. The molecule has 2 N–H and O–H groups in total. The third-order valence-electron chi connectivity index (χ3n) is 4.43. The van der Waals surface area contributed by atoms with Gasteiger partial charge in [0.15, 0.2) is 0 Å². The van der Waals surface area contributed by atoms with E-state index in [1.54, 1.807) is 20.3 Å². The maximum Gasteiger partial charge on any atom is 0.294 e. The number of carbonyl (C=O) groups excluding carboxylic acids is 2. The second-order valence-electron chi connectivity index (χ2n) is 6.51. The van der Waals surface area contributed by atoms with Gasteiger partial charge in [0.1, 0.15) is 17.2 Å². The Labute approximate surface area is 155 Å². The highest BCUT2D eigenvalue weighted by Crippen LogP contribution is 2.25. The molecule has 0 aliphatic heterocycles. The first-order valence-electron chi connectivity index (χ1n) is 8.39. The van der Waals surface area contributed by atoms with Crippen LogP contribution in [-0.2, 0) is 11.8 Å². The van der Waals surface area contributed by atoms with Gasteiger partial charge in [-0.25, -0.2) is 4.98 Å². The van der Waals surface area contributed by atoms with Crippen LogP contribution in [0.2, 0.25) is 0 Å². The number of hydrogen-bond donors (Lipinski definition) is 1. The van der Waals surface area contributed by atoms with E-state index in [2.05, 4.69) is 4.98 Å². The van der Waals surface area contributed by atoms with E-state index in [0.29, 0.717) is 11.5 Å². The van der Waals surface area contributed by atoms with Crippen LogP contribution in [0.3, 0.4) is 0 Å². The number of aromatic nitrogens is 3. The summed E-state index contributed by atoms with van der Waals surface area (Å²) in [6.07, 6.45) is 3.30. The number of nitrogens with two attached hydrogens (primary N) is 1. The molecule has 27 heavy (non-hydrogen) atoms. The quantitative estimate of drug-likeness (QED) is 0.714. The molecule has 2 amide bonds. The van der Waals surface area contributed by atoms with Crippen molar-refractivity contribution >= 4 is 17.5 Å². The predicted octanol–water partition coefficient (Wildman–Crippen LogP) is 0.857. The number of carbonyl (C=O) groups is 2. The molecule has 9 heteroatoms. The van der Waals surface area contributed by atoms with Crippen molar-refractivity contribution in [2.45, 2.75) is 20.3 Å². The van der Waals surface area contributed by atoms with E-state index in [0.717, 1.165) is 11.3 Å². The summed E-state index contributed by atoms with van der Waals surface area (Å²) >= 11 is 0. The topological polar surface area (TPSA) is 116 Å². The number of aryl methyl sites for hydroxylation is 2. The molecule has 0 atom stereocenters. The Kier molecular flexibility index (Phi) is 4.61. The second kappa shape index (κ2) is 6.75. The monoisotopic (exact) mass is 371 g/mol. The zero-order valence-electron chi connectivity index (χ0n) is 15.6. The zero-order valence-corrected chi connectivity index (χ0v) is 15.6. The first-order chi connectivity index (χ1) is 12.7. The van der Waals surface area contributed by atoms with Crippen LogP contribution < -0.4 is 11.3 Å². The number of nitrogens with zero attached hydrogens (tertiary/aromatic N) is 4. The van der Waals surface area contributed by atoms with Gasteiger partial charge in [0, 0.05) is 45.0 Å². The highest BCUT2D eigenvalue weighted by molar-refractivity contribution is 5.93. The molecule has 0 aliphatic rings. The largest absolute Gasteiger partial charge is 0.466 e. The minimum Gasteiger partial charge on any atom is -0.466 e. The molecular formula is C18H21N5O4. The maximum absolute atomic E-state index is 12.7. The minimum atomic E-state index is -0.492. The molecule has 142 valence electrons. The molecule has 3 aromatic heterocycles. The Morgan fingerprint density at radius 1 is 1.30 bits per heavy atom. The first kappa shape index (κ1) is 18.4. The Morgan fingerprint density at radius 2 is 2.00 bits per heavy atom. The lowest BCUT2D eigenvalue weighted by molar-refractivity contribution is -0.118. The summed E-state index contributed by atoms with van der Waals surface area (Å²) in [6.45, 7) is 3.84. The Morgan fingerprint density at radius 3 is 2.59 bits per heavy atom. The van der Waals surface area contributed by atoms with Crippen molar-refractivity contribution in [1.82, 2.24) is 18.9 Å². The molecule has 0 unspecified atom stereocenters. The van der Waals surface area contributed by atoms with Gasteiger partial charge in [-0.05, 0) is 19.9 Å². The fraction of sp³-hybridized carbons (Fsp3) is 0.333. The molecule has 3 rings (SSSR count). The van der Waals surface area contributed by atoms with Crippen LogP contribution in [0, 0.1) is 13.8 Å². The van der Waals surface area contributed by atoms with Crippen molar-refractivity contribution in [2.75, 3.05) is 13.6 Å². The lowest BCUT2D eigenvalue weighted by atomic mass is 10.2. The molecule has 0 aliphatic carbocycles. The summed E-state index contributed by atoms with van der Waals surface area (Å²) in [5.41, 5.74) is 6.50. The van der Waals surface area contributed by atoms with Crippen LogP contribution in [0.5, 0.6) is 0 Å². The lowest BCUT2D eigenvalue weighted by Crippen LogP contribution is -2.30. The van der Waals surface area contributed by atoms with Gasteiger partial charge >= 0.3 is 0 Å². The Hall–Kier alpha value is -3.36. The molecule has 3 heterocycles. The van der Waals surface area contributed by atoms with Gasteiger partial charge in [-0.3, -0.25) is 18.8 Å². The van der Waals surface area contributed by atoms with E-state index >= 15 is 0 Å². The van der Waals surface area contributed by atoms with Crippen LogP contribution in [0.15, 0.2) is 27.7 Å². The molecule has 3 aromatic rings. The van der Waals surface area contributed by atoms with E-state index in [4.69, 9.17) is 10.2 Å². The van der Waals surface area contributed by atoms with Crippen LogP contribution >= 0.6 is 0 Å². The van der Waals surface area contributed by atoms with E-state index in [1.165, 1.54) is 20.1 Å². The fourth-order valence-electron chi connectivity index (χ4n) is 2.94. The fourth-order valence-corrected chi connectivity index (χ4v) is 2.94.